The molecule has 0 unspecified atom stereocenters. The van der Waals surface area contributed by atoms with E-state index in [2.05, 4.69) is 5.32 Å². The van der Waals surface area contributed by atoms with Crippen molar-refractivity contribution in [2.75, 3.05) is 25.8 Å². The van der Waals surface area contributed by atoms with Crippen LogP contribution < -0.4 is 19.7 Å². The monoisotopic (exact) mass is 312 g/mol. The quantitative estimate of drug-likeness (QED) is 0.943. The van der Waals surface area contributed by atoms with Gasteiger partial charge in [-0.2, -0.15) is 0 Å². The fraction of sp³-hybridized carbons (Fsp3) is 0.278. The third-order valence-corrected chi connectivity index (χ3v) is 3.87. The largest absolute Gasteiger partial charge is 0.454 e. The molecule has 1 N–H and O–H groups in total. The highest BCUT2D eigenvalue weighted by Gasteiger charge is 2.17. The summed E-state index contributed by atoms with van der Waals surface area (Å²) in [5, 5.41) is 3.02. The summed E-state index contributed by atoms with van der Waals surface area (Å²) >= 11 is 0. The molecule has 0 bridgehead atoms. The van der Waals surface area contributed by atoms with Gasteiger partial charge in [0.25, 0.3) is 5.91 Å². The van der Waals surface area contributed by atoms with E-state index in [-0.39, 0.29) is 18.7 Å². The number of anilines is 1. The maximum Gasteiger partial charge on any atom is 0.251 e. The predicted molar refractivity (Wildman–Crippen MR) is 89.2 cm³/mol. The molecule has 23 heavy (non-hydrogen) atoms. The number of hydrogen-bond donors (Lipinski definition) is 1. The van der Waals surface area contributed by atoms with Gasteiger partial charge in [-0.25, -0.2) is 0 Å². The van der Waals surface area contributed by atoms with Gasteiger partial charge < -0.3 is 19.7 Å². The van der Waals surface area contributed by atoms with Crippen molar-refractivity contribution in [1.82, 2.24) is 5.32 Å². The number of fused-ring (bicyclic) bond motifs is 1. The van der Waals surface area contributed by atoms with Gasteiger partial charge in [0, 0.05) is 25.3 Å². The van der Waals surface area contributed by atoms with Crippen LogP contribution in [0.1, 0.15) is 28.9 Å². The normalized spacial score (nSPS) is 13.5. The highest BCUT2D eigenvalue weighted by atomic mass is 16.7. The first kappa shape index (κ1) is 15.2. The lowest BCUT2D eigenvalue weighted by molar-refractivity contribution is 0.0940. The molecule has 0 aliphatic carbocycles. The summed E-state index contributed by atoms with van der Waals surface area (Å²) < 4.78 is 10.7. The predicted octanol–water partition coefficient (Wildman–Crippen LogP) is 2.97. The molecular formula is C18H20N2O3. The molecule has 3 rings (SSSR count). The maximum atomic E-state index is 12.5. The zero-order valence-corrected chi connectivity index (χ0v) is 13.5. The Balaban J connectivity index is 1.73. The smallest absolute Gasteiger partial charge is 0.251 e. The maximum absolute atomic E-state index is 12.5. The fourth-order valence-electron chi connectivity index (χ4n) is 2.47. The standard InChI is InChI=1S/C18H20N2O3/c1-12(13-7-8-16-17(10-13)23-11-22-16)19-18(21)14-5-4-6-15(9-14)20(2)3/h4-10,12H,11H2,1-3H3,(H,19,21)/t12-/m1/s1. The molecule has 1 heterocycles. The van der Waals surface area contributed by atoms with Gasteiger partial charge in [0.2, 0.25) is 6.79 Å². The molecule has 0 saturated carbocycles. The van der Waals surface area contributed by atoms with Crippen LogP contribution in [-0.4, -0.2) is 26.8 Å². The van der Waals surface area contributed by atoms with Crippen molar-refractivity contribution in [3.8, 4) is 11.5 Å². The molecule has 5 heteroatoms. The van der Waals surface area contributed by atoms with Crippen LogP contribution in [0.15, 0.2) is 42.5 Å². The summed E-state index contributed by atoms with van der Waals surface area (Å²) in [5.74, 6) is 1.36. The number of nitrogens with one attached hydrogen (secondary N) is 1. The lowest BCUT2D eigenvalue weighted by Crippen LogP contribution is -2.26. The molecule has 5 nitrogen and oxygen atoms in total. The van der Waals surface area contributed by atoms with Crippen LogP contribution in [-0.2, 0) is 0 Å². The summed E-state index contributed by atoms with van der Waals surface area (Å²) in [4.78, 5) is 14.4. The minimum Gasteiger partial charge on any atom is -0.454 e. The van der Waals surface area contributed by atoms with Gasteiger partial charge in [0.05, 0.1) is 6.04 Å². The van der Waals surface area contributed by atoms with E-state index in [4.69, 9.17) is 9.47 Å². The summed E-state index contributed by atoms with van der Waals surface area (Å²) in [7, 11) is 3.90. The number of nitrogens with zero attached hydrogens (tertiary/aromatic N) is 1. The Morgan fingerprint density at radius 1 is 1.13 bits per heavy atom. The van der Waals surface area contributed by atoms with Crippen LogP contribution in [0.4, 0.5) is 5.69 Å². The first-order valence-electron chi connectivity index (χ1n) is 7.52. The molecule has 1 aliphatic rings. The molecule has 1 aliphatic heterocycles. The lowest BCUT2D eigenvalue weighted by atomic mass is 10.1. The number of amides is 1. The van der Waals surface area contributed by atoms with Crippen LogP contribution in [0.3, 0.4) is 0 Å². The Morgan fingerprint density at radius 3 is 2.70 bits per heavy atom. The molecule has 2 aromatic carbocycles. The van der Waals surface area contributed by atoms with Crippen LogP contribution in [0.2, 0.25) is 0 Å². The van der Waals surface area contributed by atoms with E-state index < -0.39 is 0 Å². The van der Waals surface area contributed by atoms with E-state index in [0.29, 0.717) is 5.56 Å². The van der Waals surface area contributed by atoms with Crippen molar-refractivity contribution in [2.24, 2.45) is 0 Å². The van der Waals surface area contributed by atoms with E-state index >= 15 is 0 Å². The Morgan fingerprint density at radius 2 is 1.91 bits per heavy atom. The Labute approximate surface area is 135 Å². The van der Waals surface area contributed by atoms with Crippen LogP contribution >= 0.6 is 0 Å². The van der Waals surface area contributed by atoms with Gasteiger partial charge in [-0.3, -0.25) is 4.79 Å². The molecular weight excluding hydrogens is 292 g/mol. The minimum absolute atomic E-state index is 0.0983. The molecule has 120 valence electrons. The van der Waals surface area contributed by atoms with E-state index in [9.17, 15) is 4.79 Å². The average molecular weight is 312 g/mol. The summed E-state index contributed by atoms with van der Waals surface area (Å²) in [6.45, 7) is 2.20. The zero-order valence-electron chi connectivity index (χ0n) is 13.5. The molecule has 1 amide bonds. The van der Waals surface area contributed by atoms with E-state index in [1.807, 2.05) is 68.4 Å². The number of ether oxygens (including phenoxy) is 2. The Bertz CT molecular complexity index is 728. The van der Waals surface area contributed by atoms with E-state index in [0.717, 1.165) is 22.7 Å². The van der Waals surface area contributed by atoms with Crippen LogP contribution in [0.25, 0.3) is 0 Å². The third kappa shape index (κ3) is 3.23. The Kier molecular flexibility index (Phi) is 4.10. The number of hydrogen-bond acceptors (Lipinski definition) is 4. The number of benzene rings is 2. The van der Waals surface area contributed by atoms with Crippen molar-refractivity contribution in [3.63, 3.8) is 0 Å². The summed E-state index contributed by atoms with van der Waals surface area (Å²) in [5.41, 5.74) is 2.61. The molecule has 0 spiro atoms. The van der Waals surface area contributed by atoms with Gasteiger partial charge in [-0.15, -0.1) is 0 Å². The molecule has 0 saturated heterocycles. The SMILES string of the molecule is C[C@@H](NC(=O)c1cccc(N(C)C)c1)c1ccc2c(c1)OCO2. The number of carbonyl (C=O) groups is 1. The molecule has 0 fully saturated rings. The highest BCUT2D eigenvalue weighted by molar-refractivity contribution is 5.95. The first-order chi connectivity index (χ1) is 11.0. The molecule has 0 aromatic heterocycles. The molecule has 1 atom stereocenters. The number of rotatable bonds is 4. The van der Waals surface area contributed by atoms with Gasteiger partial charge in [0.15, 0.2) is 11.5 Å². The lowest BCUT2D eigenvalue weighted by Gasteiger charge is -2.17. The second-order valence-electron chi connectivity index (χ2n) is 5.75. The number of carbonyl (C=O) groups excluding carboxylic acids is 1. The second-order valence-corrected chi connectivity index (χ2v) is 5.75. The van der Waals surface area contributed by atoms with Gasteiger partial charge in [-0.1, -0.05) is 12.1 Å². The van der Waals surface area contributed by atoms with Crippen LogP contribution in [0.5, 0.6) is 11.5 Å². The minimum atomic E-state index is -0.125. The Hall–Kier alpha value is -2.69. The third-order valence-electron chi connectivity index (χ3n) is 3.87. The van der Waals surface area contributed by atoms with Crippen LogP contribution in [0, 0.1) is 0 Å². The zero-order chi connectivity index (χ0) is 16.4. The van der Waals surface area contributed by atoms with Crippen molar-refractivity contribution < 1.29 is 14.3 Å². The molecule has 0 radical (unpaired) electrons. The van der Waals surface area contributed by atoms with Gasteiger partial charge in [-0.05, 0) is 42.8 Å². The van der Waals surface area contributed by atoms with Crippen molar-refractivity contribution >= 4 is 11.6 Å². The molecule has 2 aromatic rings. The average Bonchev–Trinajstić information content (AvgIpc) is 3.02. The summed E-state index contributed by atoms with van der Waals surface area (Å²) in [6, 6.07) is 13.1. The van der Waals surface area contributed by atoms with E-state index in [1.165, 1.54) is 0 Å². The van der Waals surface area contributed by atoms with E-state index in [1.54, 1.807) is 0 Å². The second kappa shape index (κ2) is 6.20. The van der Waals surface area contributed by atoms with Crippen molar-refractivity contribution in [3.05, 3.63) is 53.6 Å². The topological polar surface area (TPSA) is 50.8 Å². The van der Waals surface area contributed by atoms with Gasteiger partial charge in [0.1, 0.15) is 0 Å². The highest BCUT2D eigenvalue weighted by Crippen LogP contribution is 2.34. The van der Waals surface area contributed by atoms with Gasteiger partial charge >= 0.3 is 0 Å². The van der Waals surface area contributed by atoms with Crippen molar-refractivity contribution in [1.29, 1.82) is 0 Å². The van der Waals surface area contributed by atoms with Crippen molar-refractivity contribution in [2.45, 2.75) is 13.0 Å². The fourth-order valence-corrected chi connectivity index (χ4v) is 2.47. The summed E-state index contributed by atoms with van der Waals surface area (Å²) in [6.07, 6.45) is 0. The first-order valence-corrected chi connectivity index (χ1v) is 7.52.